The lowest BCUT2D eigenvalue weighted by Crippen LogP contribution is -2.37. The highest BCUT2D eigenvalue weighted by Crippen LogP contribution is 2.43. The molecular weight excluding hydrogens is 774 g/mol. The van der Waals surface area contributed by atoms with E-state index in [0.717, 1.165) is 51.4 Å². The number of unbranched alkanes of at least 4 members (excludes halogenated alkanes) is 10. The van der Waals surface area contributed by atoms with Crippen molar-refractivity contribution in [3.05, 3.63) is 97.2 Å². The lowest BCUT2D eigenvalue weighted by atomic mass is 10.1. The lowest BCUT2D eigenvalue weighted by molar-refractivity contribution is -0.870. The number of phosphoric ester groups is 1. The van der Waals surface area contributed by atoms with E-state index < -0.39 is 32.5 Å². The zero-order valence-corrected chi connectivity index (χ0v) is 39.3. The predicted molar refractivity (Wildman–Crippen MR) is 252 cm³/mol. The van der Waals surface area contributed by atoms with E-state index in [4.69, 9.17) is 18.5 Å². The van der Waals surface area contributed by atoms with E-state index in [1.807, 2.05) is 45.4 Å². The van der Waals surface area contributed by atoms with Gasteiger partial charge in [-0.25, -0.2) is 4.57 Å². The Labute approximate surface area is 366 Å². The van der Waals surface area contributed by atoms with E-state index in [1.54, 1.807) is 0 Å². The van der Waals surface area contributed by atoms with Crippen LogP contribution in [-0.2, 0) is 32.7 Å². The molecule has 0 aliphatic rings. The molecular formula is C50H85NO8P+. The maximum absolute atomic E-state index is 12.7. The average molecular weight is 859 g/mol. The van der Waals surface area contributed by atoms with Gasteiger partial charge in [0.25, 0.3) is 0 Å². The number of esters is 2. The van der Waals surface area contributed by atoms with Crippen LogP contribution in [0, 0.1) is 0 Å². The first-order valence-electron chi connectivity index (χ1n) is 23.0. The highest BCUT2D eigenvalue weighted by molar-refractivity contribution is 7.47. The summed E-state index contributed by atoms with van der Waals surface area (Å²) in [5, 5.41) is 0. The van der Waals surface area contributed by atoms with Gasteiger partial charge in [0.05, 0.1) is 27.7 Å². The normalized spacial score (nSPS) is 14.4. The molecule has 0 fully saturated rings. The zero-order valence-electron chi connectivity index (χ0n) is 38.4. The molecule has 0 aliphatic heterocycles. The fraction of sp³-hybridized carbons (Fsp3) is 0.640. The largest absolute Gasteiger partial charge is 0.472 e. The smallest absolute Gasteiger partial charge is 0.462 e. The molecule has 0 aromatic rings. The second-order valence-electron chi connectivity index (χ2n) is 16.0. The monoisotopic (exact) mass is 859 g/mol. The van der Waals surface area contributed by atoms with Crippen molar-refractivity contribution in [3.63, 3.8) is 0 Å². The molecule has 0 saturated heterocycles. The molecule has 0 rings (SSSR count). The van der Waals surface area contributed by atoms with Gasteiger partial charge in [0.15, 0.2) is 6.10 Å². The van der Waals surface area contributed by atoms with E-state index in [9.17, 15) is 19.0 Å². The van der Waals surface area contributed by atoms with Crippen LogP contribution in [0.25, 0.3) is 0 Å². The number of phosphoric acid groups is 1. The summed E-state index contributed by atoms with van der Waals surface area (Å²) in [7, 11) is 1.39. The number of nitrogens with zero attached hydrogens (tertiary/aromatic N) is 1. The van der Waals surface area contributed by atoms with Crippen LogP contribution < -0.4 is 0 Å². The molecule has 0 heterocycles. The van der Waals surface area contributed by atoms with Gasteiger partial charge in [0.2, 0.25) is 0 Å². The topological polar surface area (TPSA) is 108 Å². The molecule has 60 heavy (non-hydrogen) atoms. The molecule has 0 radical (unpaired) electrons. The fourth-order valence-electron chi connectivity index (χ4n) is 5.56. The standard InChI is InChI=1S/C50H84NO8P/c1-6-8-10-12-14-16-18-20-22-24-25-27-29-31-33-35-37-39-41-43-50(53)59-48(47-58-60(54,55)57-45-44-51(3,4)5)46-56-49(52)42-40-38-36-34-32-30-28-26-23-21-19-17-15-13-11-9-7-2/h8,10,14,16,20,22,25,27,30-33,36-39,48H,6-7,9,11-13,15,17-19,21,23-24,26,28-29,34-35,40-47H2,1-5H3/p+1/b10-8-,16-14-,22-20-,27-25-,32-30-,33-31-,38-36-,39-37-. The van der Waals surface area contributed by atoms with Crippen LogP contribution in [0.15, 0.2) is 97.2 Å². The SMILES string of the molecule is CC/C=C\C/C=C\C/C=C\C/C=C\C/C=C\C/C=C\CCC(=O)OC(COC(=O)CC/C=C\C/C=C\CCCCCCCCCCCC)COP(=O)(O)OCC[N+](C)(C)C. The van der Waals surface area contributed by atoms with Crippen molar-refractivity contribution in [3.8, 4) is 0 Å². The van der Waals surface area contributed by atoms with Crippen LogP contribution in [0.5, 0.6) is 0 Å². The van der Waals surface area contributed by atoms with Gasteiger partial charge >= 0.3 is 19.8 Å². The number of likely N-dealkylation sites (N-methyl/N-ethyl adjacent to an activating group) is 1. The Morgan fingerprint density at radius 3 is 1.42 bits per heavy atom. The summed E-state index contributed by atoms with van der Waals surface area (Å²) >= 11 is 0. The summed E-state index contributed by atoms with van der Waals surface area (Å²) in [6.07, 6.45) is 54.9. The van der Waals surface area contributed by atoms with Gasteiger partial charge in [-0.15, -0.1) is 0 Å². The molecule has 0 aromatic carbocycles. The summed E-state index contributed by atoms with van der Waals surface area (Å²) in [6.45, 7) is 4.14. The number of hydrogen-bond donors (Lipinski definition) is 1. The Balaban J connectivity index is 4.55. The number of carbonyl (C=O) groups is 2. The summed E-state index contributed by atoms with van der Waals surface area (Å²) in [6, 6.07) is 0. The Hall–Kier alpha value is -3.07. The van der Waals surface area contributed by atoms with Crippen LogP contribution in [0.4, 0.5) is 0 Å². The molecule has 0 spiro atoms. The molecule has 1 N–H and O–H groups in total. The van der Waals surface area contributed by atoms with Crippen LogP contribution in [0.3, 0.4) is 0 Å². The molecule has 0 aliphatic carbocycles. The van der Waals surface area contributed by atoms with E-state index in [-0.39, 0.29) is 26.1 Å². The third-order valence-corrected chi connectivity index (χ3v) is 10.1. The van der Waals surface area contributed by atoms with Crippen molar-refractivity contribution in [1.82, 2.24) is 0 Å². The Bertz CT molecular complexity index is 1340. The quantitative estimate of drug-likeness (QED) is 0.0213. The minimum absolute atomic E-state index is 0.00530. The highest BCUT2D eigenvalue weighted by Gasteiger charge is 2.27. The van der Waals surface area contributed by atoms with Gasteiger partial charge in [0.1, 0.15) is 19.8 Å². The van der Waals surface area contributed by atoms with Crippen LogP contribution in [0.2, 0.25) is 0 Å². The summed E-state index contributed by atoms with van der Waals surface area (Å²) in [4.78, 5) is 35.3. The van der Waals surface area contributed by atoms with E-state index in [2.05, 4.69) is 86.8 Å². The third kappa shape index (κ3) is 44.5. The zero-order chi connectivity index (χ0) is 44.3. The van der Waals surface area contributed by atoms with Crippen LogP contribution >= 0.6 is 7.82 Å². The molecule has 0 bridgehead atoms. The predicted octanol–water partition coefficient (Wildman–Crippen LogP) is 13.4. The highest BCUT2D eigenvalue weighted by atomic mass is 31.2. The van der Waals surface area contributed by atoms with Crippen molar-refractivity contribution in [2.24, 2.45) is 0 Å². The molecule has 0 saturated carbocycles. The first-order valence-corrected chi connectivity index (χ1v) is 24.5. The number of hydrogen-bond acceptors (Lipinski definition) is 7. The van der Waals surface area contributed by atoms with Crippen molar-refractivity contribution in [1.29, 1.82) is 0 Å². The lowest BCUT2D eigenvalue weighted by Gasteiger charge is -2.24. The molecule has 342 valence electrons. The Morgan fingerprint density at radius 1 is 0.533 bits per heavy atom. The number of quaternary nitrogens is 1. The number of ether oxygens (including phenoxy) is 2. The van der Waals surface area contributed by atoms with E-state index >= 15 is 0 Å². The van der Waals surface area contributed by atoms with Gasteiger partial charge < -0.3 is 18.9 Å². The first-order chi connectivity index (χ1) is 29.0. The Kier molecular flexibility index (Phi) is 39.2. The second-order valence-corrected chi connectivity index (χ2v) is 17.5. The van der Waals surface area contributed by atoms with Crippen LogP contribution in [-0.4, -0.2) is 74.9 Å². The minimum Gasteiger partial charge on any atom is -0.462 e. The molecule has 0 aromatic heterocycles. The van der Waals surface area contributed by atoms with Crippen molar-refractivity contribution in [2.75, 3.05) is 47.5 Å². The fourth-order valence-corrected chi connectivity index (χ4v) is 6.30. The second kappa shape index (κ2) is 41.3. The molecule has 9 nitrogen and oxygen atoms in total. The van der Waals surface area contributed by atoms with Gasteiger partial charge in [-0.2, -0.15) is 0 Å². The molecule has 0 amide bonds. The Morgan fingerprint density at radius 2 is 0.950 bits per heavy atom. The first kappa shape index (κ1) is 56.9. The van der Waals surface area contributed by atoms with Gasteiger partial charge in [-0.05, 0) is 70.6 Å². The van der Waals surface area contributed by atoms with Crippen LogP contribution in [0.1, 0.15) is 155 Å². The summed E-state index contributed by atoms with van der Waals surface area (Å²) in [5.41, 5.74) is 0. The maximum atomic E-state index is 12.7. The van der Waals surface area contributed by atoms with Gasteiger partial charge in [-0.3, -0.25) is 18.6 Å². The minimum atomic E-state index is -4.41. The van der Waals surface area contributed by atoms with E-state index in [0.29, 0.717) is 23.9 Å². The van der Waals surface area contributed by atoms with Crippen molar-refractivity contribution >= 4 is 19.8 Å². The number of carbonyl (C=O) groups excluding carboxylic acids is 2. The molecule has 2 atom stereocenters. The molecule has 2 unspecified atom stereocenters. The third-order valence-electron chi connectivity index (χ3n) is 9.13. The van der Waals surface area contributed by atoms with Crippen molar-refractivity contribution in [2.45, 2.75) is 161 Å². The average Bonchev–Trinajstić information content (AvgIpc) is 3.20. The van der Waals surface area contributed by atoms with Gasteiger partial charge in [0, 0.05) is 12.8 Å². The number of allylic oxidation sites excluding steroid dienone is 16. The summed E-state index contributed by atoms with van der Waals surface area (Å²) < 4.78 is 34.2. The number of rotatable bonds is 40. The van der Waals surface area contributed by atoms with E-state index in [1.165, 1.54) is 64.2 Å². The maximum Gasteiger partial charge on any atom is 0.472 e. The van der Waals surface area contributed by atoms with Gasteiger partial charge in [-0.1, -0.05) is 169 Å². The molecule has 10 heteroatoms. The summed E-state index contributed by atoms with van der Waals surface area (Å²) in [5.74, 6) is -0.983. The van der Waals surface area contributed by atoms with Crippen molar-refractivity contribution < 1.29 is 42.1 Å².